The van der Waals surface area contributed by atoms with Gasteiger partial charge in [0.25, 0.3) is 0 Å². The minimum atomic E-state index is 0.614. The van der Waals surface area contributed by atoms with E-state index in [-0.39, 0.29) is 0 Å². The molecule has 0 aliphatic carbocycles. The standard InChI is InChI=1S/C10H14N2/c1-8(2)9-3-4-10-11-5-6-12(10)7-9/h3-4,7-8H,5-6H2,1-2H3. The van der Waals surface area contributed by atoms with E-state index in [1.165, 1.54) is 5.57 Å². The zero-order valence-electron chi connectivity index (χ0n) is 7.62. The smallest absolute Gasteiger partial charge is 0.127 e. The minimum Gasteiger partial charge on any atom is -0.331 e. The Balaban J connectivity index is 2.23. The third kappa shape index (κ3) is 1.17. The maximum atomic E-state index is 4.36. The van der Waals surface area contributed by atoms with E-state index >= 15 is 0 Å². The monoisotopic (exact) mass is 162 g/mol. The fraction of sp³-hybridized carbons (Fsp3) is 0.500. The average Bonchev–Trinajstić information content (AvgIpc) is 2.49. The summed E-state index contributed by atoms with van der Waals surface area (Å²) in [6, 6.07) is 0. The SMILES string of the molecule is CC(C)C1=CN2CCN=C2C=C1. The second kappa shape index (κ2) is 2.77. The van der Waals surface area contributed by atoms with E-state index in [0.29, 0.717) is 5.92 Å². The summed E-state index contributed by atoms with van der Waals surface area (Å²) < 4.78 is 0. The van der Waals surface area contributed by atoms with Gasteiger partial charge in [0.05, 0.1) is 6.54 Å². The number of aliphatic imine (C=N–C) groups is 1. The van der Waals surface area contributed by atoms with Crippen LogP contribution in [0.25, 0.3) is 0 Å². The Morgan fingerprint density at radius 3 is 3.00 bits per heavy atom. The van der Waals surface area contributed by atoms with E-state index in [0.717, 1.165) is 18.9 Å². The Morgan fingerprint density at radius 1 is 1.42 bits per heavy atom. The first-order valence-electron chi connectivity index (χ1n) is 4.48. The Bertz CT molecular complexity index is 272. The zero-order valence-corrected chi connectivity index (χ0v) is 7.62. The van der Waals surface area contributed by atoms with Crippen molar-refractivity contribution in [2.75, 3.05) is 13.1 Å². The van der Waals surface area contributed by atoms with Gasteiger partial charge in [-0.2, -0.15) is 0 Å². The van der Waals surface area contributed by atoms with Gasteiger partial charge in [-0.05, 0) is 17.6 Å². The van der Waals surface area contributed by atoms with Gasteiger partial charge in [-0.3, -0.25) is 4.99 Å². The molecule has 2 nitrogen and oxygen atoms in total. The average molecular weight is 162 g/mol. The summed E-state index contributed by atoms with van der Waals surface area (Å²) in [5.74, 6) is 1.74. The van der Waals surface area contributed by atoms with Crippen molar-refractivity contribution in [1.29, 1.82) is 0 Å². The van der Waals surface area contributed by atoms with Crippen molar-refractivity contribution < 1.29 is 0 Å². The van der Waals surface area contributed by atoms with Crippen LogP contribution in [-0.4, -0.2) is 23.8 Å². The normalized spacial score (nSPS) is 21.1. The van der Waals surface area contributed by atoms with Crippen molar-refractivity contribution in [3.63, 3.8) is 0 Å². The van der Waals surface area contributed by atoms with E-state index < -0.39 is 0 Å². The van der Waals surface area contributed by atoms with Crippen molar-refractivity contribution >= 4 is 5.84 Å². The van der Waals surface area contributed by atoms with Crippen molar-refractivity contribution in [2.45, 2.75) is 13.8 Å². The van der Waals surface area contributed by atoms with Crippen molar-refractivity contribution in [2.24, 2.45) is 10.9 Å². The second-order valence-electron chi connectivity index (χ2n) is 3.55. The lowest BCUT2D eigenvalue weighted by atomic mass is 10.0. The van der Waals surface area contributed by atoms with Gasteiger partial charge in [0, 0.05) is 12.7 Å². The van der Waals surface area contributed by atoms with Crippen molar-refractivity contribution in [1.82, 2.24) is 4.90 Å². The lowest BCUT2D eigenvalue weighted by Crippen LogP contribution is -2.23. The first-order chi connectivity index (χ1) is 5.77. The molecule has 0 saturated carbocycles. The molecular weight excluding hydrogens is 148 g/mol. The number of fused-ring (bicyclic) bond motifs is 1. The van der Waals surface area contributed by atoms with Crippen LogP contribution in [-0.2, 0) is 0 Å². The molecule has 0 amide bonds. The van der Waals surface area contributed by atoms with Crippen molar-refractivity contribution in [3.05, 3.63) is 23.9 Å². The van der Waals surface area contributed by atoms with E-state index in [2.05, 4.69) is 42.1 Å². The van der Waals surface area contributed by atoms with Gasteiger partial charge in [-0.15, -0.1) is 0 Å². The molecule has 0 N–H and O–H groups in total. The van der Waals surface area contributed by atoms with Crippen LogP contribution in [0, 0.1) is 5.92 Å². The highest BCUT2D eigenvalue weighted by Gasteiger charge is 2.16. The van der Waals surface area contributed by atoms with Crippen LogP contribution in [0.3, 0.4) is 0 Å². The summed E-state index contributed by atoms with van der Waals surface area (Å²) in [5.41, 5.74) is 1.40. The van der Waals surface area contributed by atoms with Gasteiger partial charge in [0.1, 0.15) is 5.84 Å². The van der Waals surface area contributed by atoms with Gasteiger partial charge in [-0.1, -0.05) is 19.9 Å². The van der Waals surface area contributed by atoms with E-state index in [9.17, 15) is 0 Å². The zero-order chi connectivity index (χ0) is 8.55. The molecule has 0 unspecified atom stereocenters. The fourth-order valence-electron chi connectivity index (χ4n) is 1.49. The second-order valence-corrected chi connectivity index (χ2v) is 3.55. The predicted molar refractivity (Wildman–Crippen MR) is 51.1 cm³/mol. The van der Waals surface area contributed by atoms with Gasteiger partial charge in [0.2, 0.25) is 0 Å². The summed E-state index contributed by atoms with van der Waals surface area (Å²) in [5, 5.41) is 0. The molecule has 2 heteroatoms. The number of rotatable bonds is 1. The molecule has 0 atom stereocenters. The van der Waals surface area contributed by atoms with Crippen LogP contribution in [0.5, 0.6) is 0 Å². The third-order valence-corrected chi connectivity index (χ3v) is 2.31. The summed E-state index contributed by atoms with van der Waals surface area (Å²) in [7, 11) is 0. The van der Waals surface area contributed by atoms with Gasteiger partial charge < -0.3 is 4.90 Å². The lowest BCUT2D eigenvalue weighted by Gasteiger charge is -2.20. The van der Waals surface area contributed by atoms with Gasteiger partial charge in [0.15, 0.2) is 0 Å². The van der Waals surface area contributed by atoms with Crippen LogP contribution in [0.1, 0.15) is 13.8 Å². The molecule has 2 aliphatic rings. The molecule has 0 spiro atoms. The highest BCUT2D eigenvalue weighted by Crippen LogP contribution is 2.19. The molecule has 2 rings (SSSR count). The summed E-state index contributed by atoms with van der Waals surface area (Å²) in [4.78, 5) is 6.59. The Morgan fingerprint density at radius 2 is 2.25 bits per heavy atom. The Hall–Kier alpha value is -1.05. The molecule has 12 heavy (non-hydrogen) atoms. The topological polar surface area (TPSA) is 15.6 Å². The van der Waals surface area contributed by atoms with Crippen molar-refractivity contribution in [3.8, 4) is 0 Å². The Labute approximate surface area is 73.3 Å². The van der Waals surface area contributed by atoms with E-state index in [1.807, 2.05) is 0 Å². The van der Waals surface area contributed by atoms with Gasteiger partial charge >= 0.3 is 0 Å². The minimum absolute atomic E-state index is 0.614. The molecule has 0 aromatic rings. The predicted octanol–water partition coefficient (Wildman–Crippen LogP) is 1.81. The first kappa shape index (κ1) is 7.59. The third-order valence-electron chi connectivity index (χ3n) is 2.31. The highest BCUT2D eigenvalue weighted by atomic mass is 15.2. The van der Waals surface area contributed by atoms with E-state index in [1.54, 1.807) is 0 Å². The summed E-state index contributed by atoms with van der Waals surface area (Å²) >= 11 is 0. The molecule has 0 radical (unpaired) electrons. The molecule has 64 valence electrons. The lowest BCUT2D eigenvalue weighted by molar-refractivity contribution is 0.592. The fourth-order valence-corrected chi connectivity index (χ4v) is 1.49. The molecule has 0 fully saturated rings. The largest absolute Gasteiger partial charge is 0.331 e. The number of hydrogen-bond donors (Lipinski definition) is 0. The van der Waals surface area contributed by atoms with Crippen LogP contribution in [0.4, 0.5) is 0 Å². The molecule has 2 aliphatic heterocycles. The summed E-state index contributed by atoms with van der Waals surface area (Å²) in [6.45, 7) is 6.43. The quantitative estimate of drug-likeness (QED) is 0.574. The maximum absolute atomic E-state index is 4.36. The maximum Gasteiger partial charge on any atom is 0.127 e. The molecule has 0 aromatic carbocycles. The molecule has 0 saturated heterocycles. The number of nitrogens with zero attached hydrogens (tertiary/aromatic N) is 2. The molecule has 0 bridgehead atoms. The van der Waals surface area contributed by atoms with Gasteiger partial charge in [-0.25, -0.2) is 0 Å². The van der Waals surface area contributed by atoms with Crippen LogP contribution < -0.4 is 0 Å². The van der Waals surface area contributed by atoms with Crippen LogP contribution in [0.2, 0.25) is 0 Å². The molecule has 2 heterocycles. The number of hydrogen-bond acceptors (Lipinski definition) is 2. The van der Waals surface area contributed by atoms with Crippen LogP contribution >= 0.6 is 0 Å². The summed E-state index contributed by atoms with van der Waals surface area (Å²) in [6.07, 6.45) is 6.50. The number of amidine groups is 1. The number of allylic oxidation sites excluding steroid dienone is 2. The Kier molecular flexibility index (Phi) is 1.75. The first-order valence-corrected chi connectivity index (χ1v) is 4.48. The van der Waals surface area contributed by atoms with E-state index in [4.69, 9.17) is 0 Å². The molecule has 0 aromatic heterocycles. The highest BCUT2D eigenvalue weighted by molar-refractivity contribution is 5.96. The molecular formula is C10H14N2. The van der Waals surface area contributed by atoms with Crippen LogP contribution in [0.15, 0.2) is 28.9 Å².